The Balaban J connectivity index is 1.62. The normalized spacial score (nSPS) is 15.4. The van der Waals surface area contributed by atoms with Gasteiger partial charge in [0, 0.05) is 33.4 Å². The average molecular weight is 301 g/mol. The van der Waals surface area contributed by atoms with Crippen molar-refractivity contribution < 1.29 is 4.79 Å². The highest BCUT2D eigenvalue weighted by Gasteiger charge is 2.16. The molecule has 6 heteroatoms. The Morgan fingerprint density at radius 1 is 1.32 bits per heavy atom. The Morgan fingerprint density at radius 3 is 2.77 bits per heavy atom. The molecule has 0 atom stereocenters. The van der Waals surface area contributed by atoms with Crippen LogP contribution in [-0.2, 0) is 14.1 Å². The van der Waals surface area contributed by atoms with Gasteiger partial charge in [-0.1, -0.05) is 0 Å². The fourth-order valence-electron chi connectivity index (χ4n) is 2.96. The molecule has 0 unspecified atom stereocenters. The molecule has 1 saturated heterocycles. The van der Waals surface area contributed by atoms with E-state index in [4.69, 9.17) is 0 Å². The lowest BCUT2D eigenvalue weighted by molar-refractivity contribution is 0.0940. The van der Waals surface area contributed by atoms with Crippen LogP contribution < -0.4 is 5.32 Å². The van der Waals surface area contributed by atoms with Crippen molar-refractivity contribution in [1.82, 2.24) is 24.6 Å². The summed E-state index contributed by atoms with van der Waals surface area (Å²) in [6.45, 7) is 3.91. The Kier molecular flexibility index (Phi) is 4.29. The van der Waals surface area contributed by atoms with Crippen molar-refractivity contribution in [3.8, 4) is 11.4 Å². The number of aryl methyl sites for hydroxylation is 2. The minimum Gasteiger partial charge on any atom is -0.349 e. The molecule has 6 nitrogen and oxygen atoms in total. The molecule has 0 radical (unpaired) electrons. The molecule has 3 heterocycles. The van der Waals surface area contributed by atoms with Crippen LogP contribution in [0.1, 0.15) is 23.3 Å². The third-order valence-corrected chi connectivity index (χ3v) is 4.23. The monoisotopic (exact) mass is 301 g/mol. The van der Waals surface area contributed by atoms with Crippen molar-refractivity contribution in [2.24, 2.45) is 14.1 Å². The summed E-state index contributed by atoms with van der Waals surface area (Å²) in [7, 11) is 3.78. The summed E-state index contributed by atoms with van der Waals surface area (Å²) in [6.07, 6.45) is 4.52. The third kappa shape index (κ3) is 3.06. The molecule has 22 heavy (non-hydrogen) atoms. The van der Waals surface area contributed by atoms with Crippen molar-refractivity contribution in [1.29, 1.82) is 0 Å². The van der Waals surface area contributed by atoms with E-state index in [1.165, 1.54) is 12.8 Å². The molecule has 1 aliphatic heterocycles. The van der Waals surface area contributed by atoms with Crippen molar-refractivity contribution >= 4 is 5.91 Å². The number of carbonyl (C=O) groups excluding carboxylic acids is 1. The zero-order valence-electron chi connectivity index (χ0n) is 13.2. The van der Waals surface area contributed by atoms with Gasteiger partial charge in [-0.15, -0.1) is 0 Å². The third-order valence-electron chi connectivity index (χ3n) is 4.23. The average Bonchev–Trinajstić information content (AvgIpc) is 3.20. The summed E-state index contributed by atoms with van der Waals surface area (Å²) in [6, 6.07) is 5.82. The van der Waals surface area contributed by atoms with E-state index >= 15 is 0 Å². The predicted octanol–water partition coefficient (Wildman–Crippen LogP) is 1.25. The molecule has 2 aromatic rings. The fraction of sp³-hybridized carbons (Fsp3) is 0.500. The van der Waals surface area contributed by atoms with Gasteiger partial charge in [-0.3, -0.25) is 9.48 Å². The number of likely N-dealkylation sites (tertiary alicyclic amines) is 1. The maximum Gasteiger partial charge on any atom is 0.269 e. The molecule has 1 amide bonds. The first-order valence-corrected chi connectivity index (χ1v) is 7.81. The van der Waals surface area contributed by atoms with Crippen molar-refractivity contribution in [3.63, 3.8) is 0 Å². The highest BCUT2D eigenvalue weighted by atomic mass is 16.2. The smallest absolute Gasteiger partial charge is 0.269 e. The first kappa shape index (κ1) is 14.8. The van der Waals surface area contributed by atoms with Crippen LogP contribution in [0.3, 0.4) is 0 Å². The van der Waals surface area contributed by atoms with E-state index in [9.17, 15) is 4.79 Å². The van der Waals surface area contributed by atoms with E-state index in [0.29, 0.717) is 12.2 Å². The second kappa shape index (κ2) is 6.36. The van der Waals surface area contributed by atoms with E-state index in [-0.39, 0.29) is 5.91 Å². The topological polar surface area (TPSA) is 55.1 Å². The second-order valence-corrected chi connectivity index (χ2v) is 5.85. The second-order valence-electron chi connectivity index (χ2n) is 5.85. The van der Waals surface area contributed by atoms with Gasteiger partial charge < -0.3 is 14.8 Å². The fourth-order valence-corrected chi connectivity index (χ4v) is 2.96. The van der Waals surface area contributed by atoms with Gasteiger partial charge >= 0.3 is 0 Å². The molecule has 0 aliphatic carbocycles. The van der Waals surface area contributed by atoms with Crippen LogP contribution in [-0.4, -0.2) is 51.3 Å². The zero-order chi connectivity index (χ0) is 15.5. The molecular weight excluding hydrogens is 278 g/mol. The van der Waals surface area contributed by atoms with Gasteiger partial charge in [0.1, 0.15) is 11.4 Å². The molecule has 1 N–H and O–H groups in total. The van der Waals surface area contributed by atoms with Gasteiger partial charge in [0.15, 0.2) is 0 Å². The lowest BCUT2D eigenvalue weighted by Crippen LogP contribution is -2.34. The van der Waals surface area contributed by atoms with Gasteiger partial charge in [0.25, 0.3) is 5.91 Å². The predicted molar refractivity (Wildman–Crippen MR) is 85.6 cm³/mol. The summed E-state index contributed by atoms with van der Waals surface area (Å²) in [5.41, 5.74) is 2.42. The lowest BCUT2D eigenvalue weighted by atomic mass is 10.2. The van der Waals surface area contributed by atoms with Crippen molar-refractivity contribution in [3.05, 3.63) is 30.1 Å². The Morgan fingerprint density at radius 2 is 2.09 bits per heavy atom. The van der Waals surface area contributed by atoms with Crippen molar-refractivity contribution in [2.75, 3.05) is 26.2 Å². The number of nitrogens with zero attached hydrogens (tertiary/aromatic N) is 4. The maximum atomic E-state index is 12.3. The number of hydrogen-bond donors (Lipinski definition) is 1. The Bertz CT molecular complexity index is 651. The maximum absolute atomic E-state index is 12.3. The standard InChI is InChI=1S/C16H23N5O/c1-19-8-5-6-14(19)13-12-15(20(2)18-13)16(22)17-7-11-21-9-3-4-10-21/h5-6,8,12H,3-4,7,9-11H2,1-2H3,(H,17,22). The zero-order valence-corrected chi connectivity index (χ0v) is 13.2. The summed E-state index contributed by atoms with van der Waals surface area (Å²) < 4.78 is 3.64. The molecule has 0 aromatic carbocycles. The lowest BCUT2D eigenvalue weighted by Gasteiger charge is -2.14. The van der Waals surface area contributed by atoms with Crippen LogP contribution in [0.5, 0.6) is 0 Å². The molecular formula is C16H23N5O. The molecule has 3 rings (SSSR count). The number of aromatic nitrogens is 3. The van der Waals surface area contributed by atoms with Crippen LogP contribution in [0.25, 0.3) is 11.4 Å². The van der Waals surface area contributed by atoms with Gasteiger partial charge in [-0.25, -0.2) is 0 Å². The molecule has 0 spiro atoms. The quantitative estimate of drug-likeness (QED) is 0.904. The minimum atomic E-state index is -0.0605. The summed E-state index contributed by atoms with van der Waals surface area (Å²) in [5.74, 6) is -0.0605. The minimum absolute atomic E-state index is 0.0605. The molecule has 1 fully saturated rings. The number of hydrogen-bond acceptors (Lipinski definition) is 3. The van der Waals surface area contributed by atoms with Crippen LogP contribution >= 0.6 is 0 Å². The number of carbonyl (C=O) groups is 1. The highest BCUT2D eigenvalue weighted by Crippen LogP contribution is 2.18. The highest BCUT2D eigenvalue weighted by molar-refractivity contribution is 5.93. The molecule has 118 valence electrons. The van der Waals surface area contributed by atoms with E-state index < -0.39 is 0 Å². The summed E-state index contributed by atoms with van der Waals surface area (Å²) in [5, 5.41) is 7.44. The van der Waals surface area contributed by atoms with Crippen LogP contribution in [0, 0.1) is 0 Å². The van der Waals surface area contributed by atoms with Crippen molar-refractivity contribution in [2.45, 2.75) is 12.8 Å². The van der Waals surface area contributed by atoms with Crippen LogP contribution in [0.2, 0.25) is 0 Å². The van der Waals surface area contributed by atoms with E-state index in [1.54, 1.807) is 4.68 Å². The van der Waals surface area contributed by atoms with Crippen LogP contribution in [0.15, 0.2) is 24.4 Å². The largest absolute Gasteiger partial charge is 0.349 e. The first-order chi connectivity index (χ1) is 10.6. The number of nitrogens with one attached hydrogen (secondary N) is 1. The summed E-state index contributed by atoms with van der Waals surface area (Å²) >= 11 is 0. The first-order valence-electron chi connectivity index (χ1n) is 7.81. The number of rotatable bonds is 5. The number of amides is 1. The van der Waals surface area contributed by atoms with Gasteiger partial charge in [-0.05, 0) is 44.1 Å². The molecule has 1 aliphatic rings. The van der Waals surface area contributed by atoms with Crippen LogP contribution in [0.4, 0.5) is 0 Å². The van der Waals surface area contributed by atoms with E-state index in [0.717, 1.165) is 31.0 Å². The summed E-state index contributed by atoms with van der Waals surface area (Å²) in [4.78, 5) is 14.7. The molecule has 0 saturated carbocycles. The SMILES string of the molecule is Cn1cccc1-c1cc(C(=O)NCCN2CCCC2)n(C)n1. The Hall–Kier alpha value is -2.08. The van der Waals surface area contributed by atoms with Gasteiger partial charge in [-0.2, -0.15) is 5.10 Å². The van der Waals surface area contributed by atoms with E-state index in [2.05, 4.69) is 15.3 Å². The van der Waals surface area contributed by atoms with Gasteiger partial charge in [0.2, 0.25) is 0 Å². The van der Waals surface area contributed by atoms with E-state index in [1.807, 2.05) is 43.1 Å². The van der Waals surface area contributed by atoms with Gasteiger partial charge in [0.05, 0.1) is 5.69 Å². The molecule has 0 bridgehead atoms. The Labute approximate surface area is 130 Å². The molecule has 2 aromatic heterocycles.